The van der Waals surface area contributed by atoms with Gasteiger partial charge in [-0.15, -0.1) is 0 Å². The molecule has 1 saturated heterocycles. The van der Waals surface area contributed by atoms with Gasteiger partial charge in [-0.05, 0) is 19.1 Å². The third-order valence-electron chi connectivity index (χ3n) is 3.22. The fourth-order valence-corrected chi connectivity index (χ4v) is 2.34. The molecule has 1 N–H and O–H groups in total. The number of para-hydroxylation sites is 1. The number of ether oxygens (including phenoxy) is 1. The van der Waals surface area contributed by atoms with Crippen LogP contribution in [0.15, 0.2) is 24.3 Å². The topological polar surface area (TPSA) is 66.8 Å². The van der Waals surface area contributed by atoms with E-state index >= 15 is 0 Å². The molecule has 0 aliphatic carbocycles. The maximum atomic E-state index is 12.1. The zero-order valence-electron chi connectivity index (χ0n) is 11.1. The number of hydrogen-bond acceptors (Lipinski definition) is 3. The van der Waals surface area contributed by atoms with Crippen LogP contribution in [0.3, 0.4) is 0 Å². The Morgan fingerprint density at radius 1 is 1.45 bits per heavy atom. The first-order valence-electron chi connectivity index (χ1n) is 6.39. The highest BCUT2D eigenvalue weighted by Gasteiger charge is 2.34. The maximum Gasteiger partial charge on any atom is 0.303 e. The Kier molecular flexibility index (Phi) is 4.49. The number of amides is 1. The van der Waals surface area contributed by atoms with E-state index in [4.69, 9.17) is 21.4 Å². The molecule has 0 radical (unpaired) electrons. The number of carbonyl (C=O) groups is 2. The molecular weight excluding hydrogens is 282 g/mol. The van der Waals surface area contributed by atoms with Gasteiger partial charge in [0.2, 0.25) is 0 Å². The first kappa shape index (κ1) is 14.7. The van der Waals surface area contributed by atoms with Gasteiger partial charge in [0.05, 0.1) is 11.4 Å². The van der Waals surface area contributed by atoms with Gasteiger partial charge in [-0.25, -0.2) is 0 Å². The molecule has 0 bridgehead atoms. The van der Waals surface area contributed by atoms with Crippen LogP contribution in [0.5, 0.6) is 5.75 Å². The Bertz CT molecular complexity index is 514. The summed E-state index contributed by atoms with van der Waals surface area (Å²) in [6.07, 6.45) is -0.538. The van der Waals surface area contributed by atoms with E-state index in [0.29, 0.717) is 23.9 Å². The van der Waals surface area contributed by atoms with Gasteiger partial charge in [0.1, 0.15) is 5.75 Å². The van der Waals surface area contributed by atoms with Crippen LogP contribution in [0.25, 0.3) is 0 Å². The second kappa shape index (κ2) is 6.13. The molecule has 1 atom stereocenters. The fourth-order valence-electron chi connectivity index (χ4n) is 2.16. The smallest absolute Gasteiger partial charge is 0.303 e. The SMILES string of the molecule is CC(Oc1ccccc1Cl)C(=O)N1CC(CC(=O)O)C1. The fraction of sp³-hybridized carbons (Fsp3) is 0.429. The van der Waals surface area contributed by atoms with Crippen LogP contribution >= 0.6 is 11.6 Å². The largest absolute Gasteiger partial charge is 0.481 e. The van der Waals surface area contributed by atoms with E-state index in [2.05, 4.69) is 0 Å². The van der Waals surface area contributed by atoms with Crippen LogP contribution in [0.2, 0.25) is 5.02 Å². The van der Waals surface area contributed by atoms with Crippen molar-refractivity contribution in [2.45, 2.75) is 19.4 Å². The highest BCUT2D eigenvalue weighted by Crippen LogP contribution is 2.26. The zero-order valence-corrected chi connectivity index (χ0v) is 11.8. The lowest BCUT2D eigenvalue weighted by molar-refractivity contribution is -0.149. The summed E-state index contributed by atoms with van der Waals surface area (Å²) >= 11 is 5.97. The van der Waals surface area contributed by atoms with Gasteiger partial charge in [0.15, 0.2) is 6.10 Å². The number of hydrogen-bond donors (Lipinski definition) is 1. The second-order valence-electron chi connectivity index (χ2n) is 4.90. The molecule has 0 aromatic heterocycles. The number of likely N-dealkylation sites (tertiary alicyclic amines) is 1. The zero-order chi connectivity index (χ0) is 14.7. The van der Waals surface area contributed by atoms with Crippen LogP contribution in [-0.4, -0.2) is 41.1 Å². The number of halogens is 1. The van der Waals surface area contributed by atoms with Gasteiger partial charge in [0, 0.05) is 19.0 Å². The molecule has 6 heteroatoms. The average molecular weight is 298 g/mol. The normalized spacial score (nSPS) is 16.4. The van der Waals surface area contributed by atoms with Crippen molar-refractivity contribution >= 4 is 23.5 Å². The van der Waals surface area contributed by atoms with Crippen molar-refractivity contribution < 1.29 is 19.4 Å². The van der Waals surface area contributed by atoms with Crippen molar-refractivity contribution in [1.82, 2.24) is 4.90 Å². The molecular formula is C14H16ClNO4. The molecule has 20 heavy (non-hydrogen) atoms. The van der Waals surface area contributed by atoms with Crippen LogP contribution in [0, 0.1) is 5.92 Å². The molecule has 0 spiro atoms. The highest BCUT2D eigenvalue weighted by molar-refractivity contribution is 6.32. The monoisotopic (exact) mass is 297 g/mol. The third kappa shape index (κ3) is 3.42. The molecule has 1 amide bonds. The van der Waals surface area contributed by atoms with E-state index in [9.17, 15) is 9.59 Å². The number of nitrogens with zero attached hydrogens (tertiary/aromatic N) is 1. The van der Waals surface area contributed by atoms with Crippen molar-refractivity contribution in [2.24, 2.45) is 5.92 Å². The number of rotatable bonds is 5. The lowest BCUT2D eigenvalue weighted by Crippen LogP contribution is -2.54. The third-order valence-corrected chi connectivity index (χ3v) is 3.53. The lowest BCUT2D eigenvalue weighted by atomic mass is 9.96. The quantitative estimate of drug-likeness (QED) is 0.903. The molecule has 1 heterocycles. The number of carbonyl (C=O) groups excluding carboxylic acids is 1. The number of benzene rings is 1. The summed E-state index contributed by atoms with van der Waals surface area (Å²) in [6, 6.07) is 6.97. The van der Waals surface area contributed by atoms with E-state index in [1.54, 1.807) is 36.1 Å². The lowest BCUT2D eigenvalue weighted by Gasteiger charge is -2.39. The van der Waals surface area contributed by atoms with Gasteiger partial charge in [-0.2, -0.15) is 0 Å². The molecule has 0 saturated carbocycles. The summed E-state index contributed by atoms with van der Waals surface area (Å²) < 4.78 is 5.54. The summed E-state index contributed by atoms with van der Waals surface area (Å²) in [6.45, 7) is 2.61. The first-order valence-corrected chi connectivity index (χ1v) is 6.77. The van der Waals surface area contributed by atoms with Crippen molar-refractivity contribution in [1.29, 1.82) is 0 Å². The molecule has 1 aliphatic heterocycles. The van der Waals surface area contributed by atoms with Gasteiger partial charge in [0.25, 0.3) is 5.91 Å². The highest BCUT2D eigenvalue weighted by atomic mass is 35.5. The summed E-state index contributed by atoms with van der Waals surface area (Å²) in [7, 11) is 0. The van der Waals surface area contributed by atoms with Crippen LogP contribution in [-0.2, 0) is 9.59 Å². The Hall–Kier alpha value is -1.75. The molecule has 1 aliphatic rings. The van der Waals surface area contributed by atoms with E-state index in [0.717, 1.165) is 0 Å². The summed E-state index contributed by atoms with van der Waals surface area (Å²) in [5, 5.41) is 9.12. The standard InChI is InChI=1S/C14H16ClNO4/c1-9(20-12-5-3-2-4-11(12)15)14(19)16-7-10(8-16)6-13(17)18/h2-5,9-10H,6-8H2,1H3,(H,17,18). The Morgan fingerprint density at radius 2 is 2.10 bits per heavy atom. The van der Waals surface area contributed by atoms with E-state index in [-0.39, 0.29) is 18.2 Å². The van der Waals surface area contributed by atoms with Crippen LogP contribution in [0.1, 0.15) is 13.3 Å². The van der Waals surface area contributed by atoms with Gasteiger partial charge in [-0.3, -0.25) is 9.59 Å². The van der Waals surface area contributed by atoms with Crippen molar-refractivity contribution in [3.05, 3.63) is 29.3 Å². The summed E-state index contributed by atoms with van der Waals surface area (Å²) in [5.41, 5.74) is 0. The van der Waals surface area contributed by atoms with Gasteiger partial charge >= 0.3 is 5.97 Å². The number of carboxylic acid groups (broad SMARTS) is 1. The average Bonchev–Trinajstić information content (AvgIpc) is 2.35. The molecule has 1 fully saturated rings. The van der Waals surface area contributed by atoms with Crippen molar-refractivity contribution in [3.63, 3.8) is 0 Å². The Labute approximate surface area is 122 Å². The predicted octanol–water partition coefficient (Wildman–Crippen LogP) is 2.04. The first-order chi connectivity index (χ1) is 9.47. The van der Waals surface area contributed by atoms with Gasteiger partial charge < -0.3 is 14.7 Å². The predicted molar refractivity (Wildman–Crippen MR) is 73.9 cm³/mol. The molecule has 1 unspecified atom stereocenters. The van der Waals surface area contributed by atoms with E-state index in [1.807, 2.05) is 0 Å². The van der Waals surface area contributed by atoms with Crippen LogP contribution < -0.4 is 4.74 Å². The van der Waals surface area contributed by atoms with Crippen LogP contribution in [0.4, 0.5) is 0 Å². The van der Waals surface area contributed by atoms with E-state index < -0.39 is 12.1 Å². The van der Waals surface area contributed by atoms with E-state index in [1.165, 1.54) is 0 Å². The summed E-state index contributed by atoms with van der Waals surface area (Å²) in [5.74, 6) is -0.462. The van der Waals surface area contributed by atoms with Crippen molar-refractivity contribution in [3.8, 4) is 5.75 Å². The Balaban J connectivity index is 1.85. The molecule has 2 rings (SSSR count). The minimum absolute atomic E-state index is 0.0453. The maximum absolute atomic E-state index is 12.1. The number of carboxylic acids is 1. The van der Waals surface area contributed by atoms with Crippen molar-refractivity contribution in [2.75, 3.05) is 13.1 Å². The Morgan fingerprint density at radius 3 is 2.70 bits per heavy atom. The van der Waals surface area contributed by atoms with Gasteiger partial charge in [-0.1, -0.05) is 23.7 Å². The number of aliphatic carboxylic acids is 1. The minimum Gasteiger partial charge on any atom is -0.481 e. The molecule has 108 valence electrons. The second-order valence-corrected chi connectivity index (χ2v) is 5.30. The molecule has 5 nitrogen and oxygen atoms in total. The molecule has 1 aromatic carbocycles. The summed E-state index contributed by atoms with van der Waals surface area (Å²) in [4.78, 5) is 24.2. The minimum atomic E-state index is -0.831. The molecule has 1 aromatic rings.